The quantitative estimate of drug-likeness (QED) is 0.849. The van der Waals surface area contributed by atoms with Gasteiger partial charge in [0.1, 0.15) is 5.75 Å². The van der Waals surface area contributed by atoms with Crippen molar-refractivity contribution in [3.63, 3.8) is 0 Å². The fourth-order valence-electron chi connectivity index (χ4n) is 3.65. The van der Waals surface area contributed by atoms with Gasteiger partial charge in [0.25, 0.3) is 0 Å². The number of carbonyl (C=O) groups is 1. The number of benzene rings is 1. The van der Waals surface area contributed by atoms with Crippen molar-refractivity contribution < 1.29 is 14.3 Å². The molecule has 1 aromatic rings. The second-order valence-electron chi connectivity index (χ2n) is 6.60. The van der Waals surface area contributed by atoms with E-state index in [0.717, 1.165) is 31.8 Å². The van der Waals surface area contributed by atoms with E-state index >= 15 is 0 Å². The molecule has 2 heterocycles. The molecule has 2 aliphatic rings. The zero-order valence-corrected chi connectivity index (χ0v) is 14.6. The fraction of sp³-hybridized carbons (Fsp3) is 0.632. The van der Waals surface area contributed by atoms with E-state index in [-0.39, 0.29) is 5.91 Å². The highest BCUT2D eigenvalue weighted by Crippen LogP contribution is 2.31. The van der Waals surface area contributed by atoms with Crippen LogP contribution in [0.5, 0.6) is 5.75 Å². The molecule has 24 heavy (non-hydrogen) atoms. The van der Waals surface area contributed by atoms with Gasteiger partial charge in [0, 0.05) is 19.1 Å². The van der Waals surface area contributed by atoms with Crippen molar-refractivity contribution in [2.24, 2.45) is 0 Å². The second-order valence-corrected chi connectivity index (χ2v) is 6.60. The monoisotopic (exact) mass is 332 g/mol. The first-order chi connectivity index (χ1) is 11.8. The molecule has 3 rings (SSSR count). The Balaban J connectivity index is 1.70. The first-order valence-corrected chi connectivity index (χ1v) is 9.01. The number of hydrogen-bond acceptors (Lipinski definition) is 4. The maximum absolute atomic E-state index is 12.7. The summed E-state index contributed by atoms with van der Waals surface area (Å²) in [5.41, 5.74) is 1.28. The van der Waals surface area contributed by atoms with E-state index in [1.165, 1.54) is 24.8 Å². The maximum atomic E-state index is 12.7. The van der Waals surface area contributed by atoms with Gasteiger partial charge >= 0.3 is 0 Å². The Kier molecular flexibility index (Phi) is 6.10. The summed E-state index contributed by atoms with van der Waals surface area (Å²) in [7, 11) is 1.69. The average Bonchev–Trinajstić information content (AvgIpc) is 2.88. The molecule has 0 spiro atoms. The lowest BCUT2D eigenvalue weighted by atomic mass is 10.0. The molecular weight excluding hydrogens is 304 g/mol. The van der Waals surface area contributed by atoms with E-state index in [1.807, 2.05) is 17.0 Å². The summed E-state index contributed by atoms with van der Waals surface area (Å²) in [6.45, 7) is 4.27. The zero-order chi connectivity index (χ0) is 16.8. The minimum absolute atomic E-state index is 0.235. The number of amides is 1. The molecule has 0 N–H and O–H groups in total. The van der Waals surface area contributed by atoms with Crippen LogP contribution in [0.25, 0.3) is 0 Å². The molecule has 1 atom stereocenters. The Morgan fingerprint density at radius 2 is 1.88 bits per heavy atom. The minimum atomic E-state index is 0.235. The third kappa shape index (κ3) is 4.28. The number of rotatable bonds is 4. The molecule has 0 aromatic heterocycles. The van der Waals surface area contributed by atoms with Gasteiger partial charge in [0.2, 0.25) is 5.91 Å². The normalized spacial score (nSPS) is 22.9. The molecule has 132 valence electrons. The summed E-state index contributed by atoms with van der Waals surface area (Å²) >= 11 is 0. The Bertz CT molecular complexity index is 526. The number of nitrogens with zero attached hydrogens (tertiary/aromatic N) is 2. The first kappa shape index (κ1) is 17.2. The van der Waals surface area contributed by atoms with E-state index < -0.39 is 0 Å². The Morgan fingerprint density at radius 1 is 1.12 bits per heavy atom. The van der Waals surface area contributed by atoms with Crippen LogP contribution in [0.4, 0.5) is 0 Å². The third-order valence-electron chi connectivity index (χ3n) is 5.07. The Labute approximate surface area is 144 Å². The summed E-state index contributed by atoms with van der Waals surface area (Å²) in [6, 6.07) is 8.63. The molecule has 0 radical (unpaired) electrons. The number of likely N-dealkylation sites (tertiary alicyclic amines) is 1. The molecule has 1 aromatic carbocycles. The lowest BCUT2D eigenvalue weighted by Gasteiger charge is -2.33. The van der Waals surface area contributed by atoms with Crippen molar-refractivity contribution in [1.82, 2.24) is 9.80 Å². The SMILES string of the molecule is COc1ccc(C2CCCCCN2CC(=O)N2CCOCC2)cc1. The van der Waals surface area contributed by atoms with Gasteiger partial charge in [0.15, 0.2) is 0 Å². The zero-order valence-electron chi connectivity index (χ0n) is 14.6. The number of morpholine rings is 1. The predicted octanol–water partition coefficient (Wildman–Crippen LogP) is 2.47. The van der Waals surface area contributed by atoms with Gasteiger partial charge in [-0.15, -0.1) is 0 Å². The summed E-state index contributed by atoms with van der Waals surface area (Å²) in [4.78, 5) is 17.0. The molecule has 0 aliphatic carbocycles. The highest BCUT2D eigenvalue weighted by Gasteiger charge is 2.27. The van der Waals surface area contributed by atoms with Crippen molar-refractivity contribution >= 4 is 5.91 Å². The van der Waals surface area contributed by atoms with E-state index in [4.69, 9.17) is 9.47 Å². The van der Waals surface area contributed by atoms with Crippen molar-refractivity contribution in [3.05, 3.63) is 29.8 Å². The number of methoxy groups -OCH3 is 1. The molecule has 1 amide bonds. The van der Waals surface area contributed by atoms with E-state index in [2.05, 4.69) is 17.0 Å². The first-order valence-electron chi connectivity index (χ1n) is 9.01. The lowest BCUT2D eigenvalue weighted by Crippen LogP contribution is -2.46. The molecule has 1 unspecified atom stereocenters. The van der Waals surface area contributed by atoms with Crippen LogP contribution in [0, 0.1) is 0 Å². The second kappa shape index (κ2) is 8.49. The Morgan fingerprint density at radius 3 is 2.58 bits per heavy atom. The van der Waals surface area contributed by atoms with E-state index in [0.29, 0.717) is 25.8 Å². The van der Waals surface area contributed by atoms with Crippen molar-refractivity contribution in [2.45, 2.75) is 31.7 Å². The lowest BCUT2D eigenvalue weighted by molar-refractivity contribution is -0.137. The molecule has 2 fully saturated rings. The molecule has 2 aliphatic heterocycles. The van der Waals surface area contributed by atoms with Crippen LogP contribution >= 0.6 is 0 Å². The van der Waals surface area contributed by atoms with E-state index in [1.54, 1.807) is 7.11 Å². The van der Waals surface area contributed by atoms with Crippen LogP contribution < -0.4 is 4.74 Å². The summed E-state index contributed by atoms with van der Waals surface area (Å²) < 4.78 is 10.6. The number of ether oxygens (including phenoxy) is 2. The maximum Gasteiger partial charge on any atom is 0.236 e. The van der Waals surface area contributed by atoms with Crippen molar-refractivity contribution in [3.8, 4) is 5.75 Å². The van der Waals surface area contributed by atoms with Crippen LogP contribution in [-0.4, -0.2) is 62.2 Å². The van der Waals surface area contributed by atoms with Gasteiger partial charge in [-0.25, -0.2) is 0 Å². The summed E-state index contributed by atoms with van der Waals surface area (Å²) in [6.07, 6.45) is 4.75. The number of carbonyl (C=O) groups excluding carboxylic acids is 1. The van der Waals surface area contributed by atoms with Gasteiger partial charge in [-0.05, 0) is 37.1 Å². The Hall–Kier alpha value is -1.59. The standard InChI is InChI=1S/C19H28N2O3/c1-23-17-8-6-16(7-9-17)18-5-3-2-4-10-21(18)15-19(22)20-11-13-24-14-12-20/h6-9,18H,2-5,10-15H2,1H3. The average molecular weight is 332 g/mol. The van der Waals surface area contributed by atoms with Gasteiger partial charge in [0.05, 0.1) is 26.9 Å². The van der Waals surface area contributed by atoms with Gasteiger partial charge in [-0.2, -0.15) is 0 Å². The van der Waals surface area contributed by atoms with Gasteiger partial charge in [-0.3, -0.25) is 9.69 Å². The minimum Gasteiger partial charge on any atom is -0.497 e. The fourth-order valence-corrected chi connectivity index (χ4v) is 3.65. The van der Waals surface area contributed by atoms with Crippen LogP contribution in [0.2, 0.25) is 0 Å². The summed E-state index contributed by atoms with van der Waals surface area (Å²) in [5.74, 6) is 1.11. The summed E-state index contributed by atoms with van der Waals surface area (Å²) in [5, 5.41) is 0. The molecular formula is C19H28N2O3. The van der Waals surface area contributed by atoms with Crippen LogP contribution in [0.15, 0.2) is 24.3 Å². The van der Waals surface area contributed by atoms with Crippen molar-refractivity contribution in [1.29, 1.82) is 0 Å². The van der Waals surface area contributed by atoms with Crippen LogP contribution in [-0.2, 0) is 9.53 Å². The van der Waals surface area contributed by atoms with Gasteiger partial charge < -0.3 is 14.4 Å². The molecule has 0 bridgehead atoms. The third-order valence-corrected chi connectivity index (χ3v) is 5.07. The molecule has 5 nitrogen and oxygen atoms in total. The topological polar surface area (TPSA) is 42.0 Å². The molecule has 5 heteroatoms. The van der Waals surface area contributed by atoms with Gasteiger partial charge in [-0.1, -0.05) is 25.0 Å². The predicted molar refractivity (Wildman–Crippen MR) is 93.2 cm³/mol. The molecule has 2 saturated heterocycles. The van der Waals surface area contributed by atoms with E-state index in [9.17, 15) is 4.79 Å². The molecule has 0 saturated carbocycles. The van der Waals surface area contributed by atoms with Crippen LogP contribution in [0.3, 0.4) is 0 Å². The van der Waals surface area contributed by atoms with Crippen molar-refractivity contribution in [2.75, 3.05) is 46.5 Å². The largest absolute Gasteiger partial charge is 0.497 e. The van der Waals surface area contributed by atoms with Crippen LogP contribution in [0.1, 0.15) is 37.3 Å². The number of hydrogen-bond donors (Lipinski definition) is 0. The highest BCUT2D eigenvalue weighted by atomic mass is 16.5. The highest BCUT2D eigenvalue weighted by molar-refractivity contribution is 5.78. The smallest absolute Gasteiger partial charge is 0.236 e.